The van der Waals surface area contributed by atoms with Gasteiger partial charge in [-0.1, -0.05) is 88.7 Å². The van der Waals surface area contributed by atoms with Gasteiger partial charge < -0.3 is 4.74 Å². The summed E-state index contributed by atoms with van der Waals surface area (Å²) in [6.45, 7) is 2.52. The van der Waals surface area contributed by atoms with E-state index in [4.69, 9.17) is 4.74 Å². The molecule has 0 saturated heterocycles. The van der Waals surface area contributed by atoms with Crippen molar-refractivity contribution in [3.63, 3.8) is 0 Å². The molecular weight excluding hydrogens is 271 g/mol. The number of hydrogen-bond acceptors (Lipinski definition) is 2. The van der Waals surface area contributed by atoms with Crippen LogP contribution < -0.4 is 0 Å². The fourth-order valence-corrected chi connectivity index (χ4v) is 4.87. The minimum absolute atomic E-state index is 0.0172. The molecule has 2 nitrogen and oxygen atoms in total. The Kier molecular flexibility index (Phi) is 7.30. The summed E-state index contributed by atoms with van der Waals surface area (Å²) < 4.78 is 4.95. The van der Waals surface area contributed by atoms with E-state index >= 15 is 0 Å². The molecule has 126 valence electrons. The van der Waals surface area contributed by atoms with Crippen LogP contribution in [0.1, 0.15) is 90.4 Å². The zero-order chi connectivity index (χ0) is 15.8. The molecule has 2 fully saturated rings. The van der Waals surface area contributed by atoms with E-state index in [-0.39, 0.29) is 11.9 Å². The number of carbonyl (C=O) groups is 1. The maximum Gasteiger partial charge on any atom is 0.308 e. The maximum absolute atomic E-state index is 11.8. The molecule has 0 N–H and O–H groups in total. The molecule has 22 heavy (non-hydrogen) atoms. The molecule has 0 spiro atoms. The zero-order valence-corrected chi connectivity index (χ0v) is 14.9. The minimum Gasteiger partial charge on any atom is -0.469 e. The van der Waals surface area contributed by atoms with Gasteiger partial charge in [-0.2, -0.15) is 0 Å². The third-order valence-corrected chi connectivity index (χ3v) is 6.21. The van der Waals surface area contributed by atoms with Crippen LogP contribution >= 0.6 is 0 Å². The summed E-state index contributed by atoms with van der Waals surface area (Å²) in [6.07, 6.45) is 17.2. The van der Waals surface area contributed by atoms with Crippen LogP contribution in [0.2, 0.25) is 11.1 Å². The average Bonchev–Trinajstić information content (AvgIpc) is 2.45. The first-order valence-electron chi connectivity index (χ1n) is 9.71. The summed E-state index contributed by atoms with van der Waals surface area (Å²) in [7, 11) is 2.95. The summed E-state index contributed by atoms with van der Waals surface area (Å²) in [5.41, 5.74) is 0. The lowest BCUT2D eigenvalue weighted by molar-refractivity contribution is -0.146. The summed E-state index contributed by atoms with van der Waals surface area (Å²) in [6, 6.07) is 0. The lowest BCUT2D eigenvalue weighted by Gasteiger charge is -2.35. The Bertz CT molecular complexity index is 324. The van der Waals surface area contributed by atoms with Gasteiger partial charge in [-0.15, -0.1) is 0 Å². The molecule has 0 aliphatic heterocycles. The molecule has 0 amide bonds. The molecule has 2 rings (SSSR count). The van der Waals surface area contributed by atoms with Crippen LogP contribution in [0.25, 0.3) is 0 Å². The number of ether oxygens (including phenoxy) is 1. The average molecular weight is 306 g/mol. The van der Waals surface area contributed by atoms with Crippen molar-refractivity contribution in [3.05, 3.63) is 0 Å². The van der Waals surface area contributed by atoms with E-state index < -0.39 is 0 Å². The van der Waals surface area contributed by atoms with Crippen LogP contribution in [0.4, 0.5) is 0 Å². The van der Waals surface area contributed by atoms with Gasteiger partial charge in [0.25, 0.3) is 0 Å². The van der Waals surface area contributed by atoms with Crippen LogP contribution in [-0.4, -0.2) is 20.4 Å². The summed E-state index contributed by atoms with van der Waals surface area (Å²) >= 11 is 0. The van der Waals surface area contributed by atoms with E-state index in [0.29, 0.717) is 5.31 Å². The Morgan fingerprint density at radius 1 is 0.909 bits per heavy atom. The van der Waals surface area contributed by atoms with Gasteiger partial charge in [0.2, 0.25) is 0 Å². The highest BCUT2D eigenvalue weighted by Crippen LogP contribution is 2.45. The second kappa shape index (κ2) is 8.98. The van der Waals surface area contributed by atoms with Crippen molar-refractivity contribution in [2.45, 2.75) is 102 Å². The van der Waals surface area contributed by atoms with Crippen molar-refractivity contribution in [2.75, 3.05) is 7.11 Å². The van der Waals surface area contributed by atoms with Gasteiger partial charge in [-0.25, -0.2) is 0 Å². The summed E-state index contributed by atoms with van der Waals surface area (Å²) in [5.74, 6) is 1.14. The van der Waals surface area contributed by atoms with Gasteiger partial charge in [-0.05, 0) is 12.8 Å². The molecule has 0 radical (unpaired) electrons. The second-order valence-corrected chi connectivity index (χ2v) is 8.23. The van der Waals surface area contributed by atoms with Gasteiger partial charge in [0.15, 0.2) is 0 Å². The quantitative estimate of drug-likeness (QED) is 0.524. The first kappa shape index (κ1) is 17.9. The summed E-state index contributed by atoms with van der Waals surface area (Å²) in [4.78, 5) is 11.8. The van der Waals surface area contributed by atoms with Gasteiger partial charge in [-0.3, -0.25) is 4.79 Å². The lowest BCUT2D eigenvalue weighted by Crippen LogP contribution is -2.26. The highest BCUT2D eigenvalue weighted by Gasteiger charge is 2.32. The van der Waals surface area contributed by atoms with Gasteiger partial charge in [0.1, 0.15) is 7.28 Å². The van der Waals surface area contributed by atoms with Crippen molar-refractivity contribution in [1.82, 2.24) is 0 Å². The fraction of sp³-hybridized carbons (Fsp3) is 0.947. The third kappa shape index (κ3) is 5.63. The number of carbonyl (C=O) groups excluding carboxylic acids is 1. The maximum atomic E-state index is 11.8. The molecule has 2 aliphatic carbocycles. The summed E-state index contributed by atoms with van der Waals surface area (Å²) in [5, 5.41) is 0.519. The van der Waals surface area contributed by atoms with Crippen molar-refractivity contribution in [2.24, 2.45) is 5.92 Å². The van der Waals surface area contributed by atoms with Crippen LogP contribution in [0.5, 0.6) is 0 Å². The molecule has 0 atom stereocenters. The Hall–Kier alpha value is -0.465. The standard InChI is InChI=1S/C19H35BO2/c1-19(20-17-12-6-4-3-5-7-13-17)14-8-10-16(11-9-15-19)18(21)22-2/h16-17,20H,3-15H2,1-2H3. The Morgan fingerprint density at radius 3 is 2.00 bits per heavy atom. The molecular formula is C19H35BO2. The Labute approximate surface area is 138 Å². The molecule has 2 saturated carbocycles. The third-order valence-electron chi connectivity index (χ3n) is 6.21. The molecule has 0 heterocycles. The van der Waals surface area contributed by atoms with Crippen LogP contribution in [0.15, 0.2) is 0 Å². The fourth-order valence-electron chi connectivity index (χ4n) is 4.87. The molecule has 0 aromatic heterocycles. The molecule has 0 aromatic rings. The normalized spacial score (nSPS) is 32.2. The van der Waals surface area contributed by atoms with Crippen molar-refractivity contribution < 1.29 is 9.53 Å². The van der Waals surface area contributed by atoms with E-state index in [9.17, 15) is 4.79 Å². The van der Waals surface area contributed by atoms with E-state index in [0.717, 1.165) is 18.7 Å². The smallest absolute Gasteiger partial charge is 0.308 e. The van der Waals surface area contributed by atoms with Crippen molar-refractivity contribution in [1.29, 1.82) is 0 Å². The molecule has 0 aromatic carbocycles. The number of hydrogen-bond donors (Lipinski definition) is 0. The van der Waals surface area contributed by atoms with Gasteiger partial charge in [0, 0.05) is 0 Å². The SMILES string of the molecule is COC(=O)C1CCCC(C)(BC2CCCCCCC2)CCC1. The Morgan fingerprint density at radius 2 is 1.45 bits per heavy atom. The van der Waals surface area contributed by atoms with Gasteiger partial charge >= 0.3 is 5.97 Å². The van der Waals surface area contributed by atoms with E-state index in [2.05, 4.69) is 6.92 Å². The molecule has 2 aliphatic rings. The number of esters is 1. The van der Waals surface area contributed by atoms with Crippen LogP contribution in [0.3, 0.4) is 0 Å². The van der Waals surface area contributed by atoms with E-state index in [1.54, 1.807) is 0 Å². The van der Waals surface area contributed by atoms with Gasteiger partial charge in [0.05, 0.1) is 13.0 Å². The predicted octanol–water partition coefficient (Wildman–Crippen LogP) is 5.28. The lowest BCUT2D eigenvalue weighted by atomic mass is 9.41. The molecule has 3 heteroatoms. The topological polar surface area (TPSA) is 26.3 Å². The molecule has 0 unspecified atom stereocenters. The minimum atomic E-state index is 0.0172. The largest absolute Gasteiger partial charge is 0.469 e. The predicted molar refractivity (Wildman–Crippen MR) is 94.8 cm³/mol. The first-order chi connectivity index (χ1) is 10.6. The highest BCUT2D eigenvalue weighted by atomic mass is 16.5. The molecule has 0 bridgehead atoms. The van der Waals surface area contributed by atoms with E-state index in [1.165, 1.54) is 85.0 Å². The second-order valence-electron chi connectivity index (χ2n) is 8.23. The highest BCUT2D eigenvalue weighted by molar-refractivity contribution is 6.41. The van der Waals surface area contributed by atoms with Crippen molar-refractivity contribution >= 4 is 13.2 Å². The number of rotatable bonds is 3. The monoisotopic (exact) mass is 306 g/mol. The van der Waals surface area contributed by atoms with E-state index in [1.807, 2.05) is 0 Å². The van der Waals surface area contributed by atoms with Crippen LogP contribution in [0, 0.1) is 5.92 Å². The zero-order valence-electron chi connectivity index (χ0n) is 14.9. The number of methoxy groups -OCH3 is 1. The first-order valence-corrected chi connectivity index (χ1v) is 9.71. The van der Waals surface area contributed by atoms with Crippen LogP contribution in [-0.2, 0) is 9.53 Å². The Balaban J connectivity index is 1.83. The van der Waals surface area contributed by atoms with Crippen molar-refractivity contribution in [3.8, 4) is 0 Å².